The van der Waals surface area contributed by atoms with Crippen LogP contribution in [-0.2, 0) is 9.84 Å². The summed E-state index contributed by atoms with van der Waals surface area (Å²) in [5.74, 6) is 0.763. The maximum atomic E-state index is 12.4. The molecule has 1 amide bonds. The van der Waals surface area contributed by atoms with Crippen molar-refractivity contribution in [3.8, 4) is 23.0 Å². The first-order valence-corrected chi connectivity index (χ1v) is 9.99. The molecule has 1 aliphatic rings. The van der Waals surface area contributed by atoms with Crippen molar-refractivity contribution in [3.63, 3.8) is 0 Å². The van der Waals surface area contributed by atoms with Crippen molar-refractivity contribution in [3.05, 3.63) is 48.0 Å². The number of carbonyl (C=O) groups is 1. The molecule has 0 atom stereocenters. The number of anilines is 1. The first kappa shape index (κ1) is 18.0. The summed E-state index contributed by atoms with van der Waals surface area (Å²) in [6.45, 7) is 1.69. The van der Waals surface area contributed by atoms with E-state index in [2.05, 4.69) is 15.5 Å². The zero-order chi connectivity index (χ0) is 19.7. The van der Waals surface area contributed by atoms with Gasteiger partial charge < -0.3 is 13.9 Å². The molecular formula is C18H15N3O6S. The molecule has 0 radical (unpaired) electrons. The van der Waals surface area contributed by atoms with Crippen molar-refractivity contribution in [2.75, 3.05) is 17.9 Å². The van der Waals surface area contributed by atoms with Crippen LogP contribution in [0, 0.1) is 0 Å². The van der Waals surface area contributed by atoms with Crippen LogP contribution in [0.5, 0.6) is 11.5 Å². The average Bonchev–Trinajstić information content (AvgIpc) is 3.36. The maximum absolute atomic E-state index is 12.4. The minimum Gasteiger partial charge on any atom is -0.454 e. The third-order valence-corrected chi connectivity index (χ3v) is 5.83. The van der Waals surface area contributed by atoms with E-state index in [4.69, 9.17) is 13.9 Å². The molecule has 1 aliphatic heterocycles. The van der Waals surface area contributed by atoms with E-state index in [1.165, 1.54) is 31.2 Å². The Morgan fingerprint density at radius 1 is 1.11 bits per heavy atom. The predicted octanol–water partition coefficient (Wildman–Crippen LogP) is 2.51. The molecule has 144 valence electrons. The fourth-order valence-corrected chi connectivity index (χ4v) is 3.51. The Morgan fingerprint density at radius 2 is 1.93 bits per heavy atom. The zero-order valence-electron chi connectivity index (χ0n) is 14.7. The SMILES string of the molecule is CCS(=O)(=O)c1cccc(C(=O)Nc2nnc(-c3ccc4c(c3)OCO4)o2)c1. The molecule has 3 aromatic rings. The second-order valence-electron chi connectivity index (χ2n) is 5.87. The van der Waals surface area contributed by atoms with E-state index in [1.54, 1.807) is 18.2 Å². The van der Waals surface area contributed by atoms with E-state index in [0.29, 0.717) is 17.1 Å². The number of nitrogens with one attached hydrogen (secondary N) is 1. The van der Waals surface area contributed by atoms with Gasteiger partial charge in [-0.3, -0.25) is 10.1 Å². The number of sulfone groups is 1. The van der Waals surface area contributed by atoms with Crippen LogP contribution in [0.3, 0.4) is 0 Å². The van der Waals surface area contributed by atoms with E-state index in [-0.39, 0.29) is 34.9 Å². The molecule has 1 aromatic heterocycles. The summed E-state index contributed by atoms with van der Waals surface area (Å²) in [7, 11) is -3.42. The molecule has 1 N–H and O–H groups in total. The second-order valence-corrected chi connectivity index (χ2v) is 8.14. The fraction of sp³-hybridized carbons (Fsp3) is 0.167. The normalized spacial score (nSPS) is 12.8. The lowest BCUT2D eigenvalue weighted by Gasteiger charge is -2.04. The molecule has 28 heavy (non-hydrogen) atoms. The molecule has 2 heterocycles. The van der Waals surface area contributed by atoms with Crippen LogP contribution in [0.25, 0.3) is 11.5 Å². The minimum atomic E-state index is -3.42. The van der Waals surface area contributed by atoms with Crippen molar-refractivity contribution in [2.45, 2.75) is 11.8 Å². The van der Waals surface area contributed by atoms with E-state index in [0.717, 1.165) is 0 Å². The molecular weight excluding hydrogens is 386 g/mol. The van der Waals surface area contributed by atoms with Gasteiger partial charge in [-0.25, -0.2) is 8.42 Å². The van der Waals surface area contributed by atoms with Crippen LogP contribution in [0.4, 0.5) is 6.01 Å². The van der Waals surface area contributed by atoms with Gasteiger partial charge in [0.25, 0.3) is 5.91 Å². The number of aromatic nitrogens is 2. The molecule has 0 saturated carbocycles. The molecule has 0 unspecified atom stereocenters. The van der Waals surface area contributed by atoms with Gasteiger partial charge in [-0.2, -0.15) is 0 Å². The van der Waals surface area contributed by atoms with Crippen LogP contribution < -0.4 is 14.8 Å². The Labute approximate surface area is 160 Å². The molecule has 10 heteroatoms. The summed E-state index contributed by atoms with van der Waals surface area (Å²) in [6, 6.07) is 10.8. The third kappa shape index (κ3) is 3.41. The number of carbonyl (C=O) groups excluding carboxylic acids is 1. The van der Waals surface area contributed by atoms with Crippen molar-refractivity contribution in [2.24, 2.45) is 0 Å². The molecule has 0 bridgehead atoms. The lowest BCUT2D eigenvalue weighted by molar-refractivity contribution is 0.102. The van der Waals surface area contributed by atoms with E-state index in [1.807, 2.05) is 0 Å². The molecule has 0 aliphatic carbocycles. The maximum Gasteiger partial charge on any atom is 0.322 e. The first-order chi connectivity index (χ1) is 13.5. The van der Waals surface area contributed by atoms with Crippen molar-refractivity contribution >= 4 is 21.8 Å². The van der Waals surface area contributed by atoms with Crippen molar-refractivity contribution in [1.82, 2.24) is 10.2 Å². The third-order valence-electron chi connectivity index (χ3n) is 4.10. The fourth-order valence-electron chi connectivity index (χ4n) is 2.59. The Hall–Kier alpha value is -3.40. The zero-order valence-corrected chi connectivity index (χ0v) is 15.5. The van der Waals surface area contributed by atoms with Gasteiger partial charge in [-0.15, -0.1) is 5.10 Å². The number of fused-ring (bicyclic) bond motifs is 1. The lowest BCUT2D eigenvalue weighted by atomic mass is 10.2. The van der Waals surface area contributed by atoms with Crippen LogP contribution in [0.2, 0.25) is 0 Å². The number of amides is 1. The number of hydrogen-bond donors (Lipinski definition) is 1. The summed E-state index contributed by atoms with van der Waals surface area (Å²) in [5, 5.41) is 10.2. The van der Waals surface area contributed by atoms with Gasteiger partial charge in [0.15, 0.2) is 21.3 Å². The highest BCUT2D eigenvalue weighted by Crippen LogP contribution is 2.35. The summed E-state index contributed by atoms with van der Waals surface area (Å²) < 4.78 is 40.0. The molecule has 0 fully saturated rings. The largest absolute Gasteiger partial charge is 0.454 e. The standard InChI is InChI=1S/C18H15N3O6S/c1-2-28(23,24)13-5-3-4-11(8-13)16(22)19-18-21-20-17(27-18)12-6-7-14-15(9-12)26-10-25-14/h3-9H,2,10H2,1H3,(H,19,21,22). The number of rotatable bonds is 5. The van der Waals surface area contributed by atoms with Crippen LogP contribution >= 0.6 is 0 Å². The van der Waals surface area contributed by atoms with Gasteiger partial charge >= 0.3 is 6.01 Å². The van der Waals surface area contributed by atoms with Gasteiger partial charge in [0.1, 0.15) is 0 Å². The Kier molecular flexibility index (Phi) is 4.47. The Balaban J connectivity index is 1.53. The highest BCUT2D eigenvalue weighted by molar-refractivity contribution is 7.91. The van der Waals surface area contributed by atoms with Crippen LogP contribution in [0.15, 0.2) is 51.8 Å². The smallest absolute Gasteiger partial charge is 0.322 e. The van der Waals surface area contributed by atoms with Crippen molar-refractivity contribution in [1.29, 1.82) is 0 Å². The van der Waals surface area contributed by atoms with Gasteiger partial charge in [0, 0.05) is 11.1 Å². The van der Waals surface area contributed by atoms with Gasteiger partial charge in [0.2, 0.25) is 12.7 Å². The highest BCUT2D eigenvalue weighted by Gasteiger charge is 2.19. The lowest BCUT2D eigenvalue weighted by Crippen LogP contribution is -2.13. The Morgan fingerprint density at radius 3 is 2.75 bits per heavy atom. The monoisotopic (exact) mass is 401 g/mol. The van der Waals surface area contributed by atoms with Crippen LogP contribution in [0.1, 0.15) is 17.3 Å². The van der Waals surface area contributed by atoms with E-state index < -0.39 is 15.7 Å². The number of ether oxygens (including phenoxy) is 2. The quantitative estimate of drug-likeness (QED) is 0.692. The summed E-state index contributed by atoms with van der Waals surface area (Å²) in [5.41, 5.74) is 0.769. The Bertz CT molecular complexity index is 1160. The molecule has 0 saturated heterocycles. The number of nitrogens with zero attached hydrogens (tertiary/aromatic N) is 2. The number of hydrogen-bond acceptors (Lipinski definition) is 8. The summed E-state index contributed by atoms with van der Waals surface area (Å²) >= 11 is 0. The summed E-state index contributed by atoms with van der Waals surface area (Å²) in [4.78, 5) is 12.5. The molecule has 9 nitrogen and oxygen atoms in total. The van der Waals surface area contributed by atoms with Crippen molar-refractivity contribution < 1.29 is 27.1 Å². The number of benzene rings is 2. The topological polar surface area (TPSA) is 121 Å². The van der Waals surface area contributed by atoms with Gasteiger partial charge in [0.05, 0.1) is 10.6 Å². The minimum absolute atomic E-state index is 0.0549. The highest BCUT2D eigenvalue weighted by atomic mass is 32.2. The molecule has 2 aromatic carbocycles. The molecule has 4 rings (SSSR count). The molecule has 0 spiro atoms. The van der Waals surface area contributed by atoms with E-state index >= 15 is 0 Å². The van der Waals surface area contributed by atoms with E-state index in [9.17, 15) is 13.2 Å². The second kappa shape index (κ2) is 6.97. The van der Waals surface area contributed by atoms with Crippen LogP contribution in [-0.4, -0.2) is 37.1 Å². The average molecular weight is 401 g/mol. The predicted molar refractivity (Wildman–Crippen MR) is 98.0 cm³/mol. The van der Waals surface area contributed by atoms with Gasteiger partial charge in [-0.1, -0.05) is 18.1 Å². The summed E-state index contributed by atoms with van der Waals surface area (Å²) in [6.07, 6.45) is 0. The first-order valence-electron chi connectivity index (χ1n) is 8.34. The van der Waals surface area contributed by atoms with Gasteiger partial charge in [-0.05, 0) is 36.4 Å².